The highest BCUT2D eigenvalue weighted by molar-refractivity contribution is 4.91. The minimum absolute atomic E-state index is 0.844. The van der Waals surface area contributed by atoms with Crippen LogP contribution in [0.5, 0.6) is 0 Å². The Morgan fingerprint density at radius 3 is 3.25 bits per heavy atom. The van der Waals surface area contributed by atoms with E-state index in [9.17, 15) is 0 Å². The van der Waals surface area contributed by atoms with E-state index in [1.807, 2.05) is 0 Å². The molecule has 1 aromatic rings. The van der Waals surface area contributed by atoms with Crippen molar-refractivity contribution in [3.05, 3.63) is 18.4 Å². The second-order valence-corrected chi connectivity index (χ2v) is 3.61. The summed E-state index contributed by atoms with van der Waals surface area (Å²) in [4.78, 5) is 6.52. The number of aromatic nitrogens is 1. The van der Waals surface area contributed by atoms with E-state index in [1.165, 1.54) is 25.9 Å². The quantitative estimate of drug-likeness (QED) is 0.667. The average Bonchev–Trinajstić information content (AvgIpc) is 2.63. The van der Waals surface area contributed by atoms with E-state index < -0.39 is 0 Å². The zero-order valence-electron chi connectivity index (χ0n) is 7.36. The predicted molar refractivity (Wildman–Crippen MR) is 45.6 cm³/mol. The van der Waals surface area contributed by atoms with Gasteiger partial charge in [0.1, 0.15) is 6.26 Å². The Morgan fingerprint density at radius 1 is 1.75 bits per heavy atom. The van der Waals surface area contributed by atoms with E-state index in [-0.39, 0.29) is 0 Å². The Bertz CT molecular complexity index is 233. The number of oxazole rings is 1. The van der Waals surface area contributed by atoms with Crippen LogP contribution in [0.15, 0.2) is 17.1 Å². The molecule has 1 aliphatic heterocycles. The third-order valence-corrected chi connectivity index (χ3v) is 2.38. The second kappa shape index (κ2) is 3.27. The van der Waals surface area contributed by atoms with E-state index in [2.05, 4.69) is 16.8 Å². The van der Waals surface area contributed by atoms with Gasteiger partial charge in [0, 0.05) is 13.1 Å². The van der Waals surface area contributed by atoms with Gasteiger partial charge in [-0.25, -0.2) is 4.98 Å². The summed E-state index contributed by atoms with van der Waals surface area (Å²) >= 11 is 0. The summed E-state index contributed by atoms with van der Waals surface area (Å²) in [6.45, 7) is 5.64. The minimum Gasteiger partial charge on any atom is -0.451 e. The van der Waals surface area contributed by atoms with Crippen LogP contribution in [-0.4, -0.2) is 23.0 Å². The van der Waals surface area contributed by atoms with Crippen LogP contribution in [0.1, 0.15) is 19.0 Å². The Kier molecular flexibility index (Phi) is 2.13. The highest BCUT2D eigenvalue weighted by Gasteiger charge is 2.18. The predicted octanol–water partition coefficient (Wildman–Crippen LogP) is 1.52. The van der Waals surface area contributed by atoms with Gasteiger partial charge in [-0.3, -0.25) is 4.90 Å². The van der Waals surface area contributed by atoms with E-state index in [0.29, 0.717) is 0 Å². The first-order valence-corrected chi connectivity index (χ1v) is 4.44. The van der Waals surface area contributed by atoms with Gasteiger partial charge < -0.3 is 4.42 Å². The first-order chi connectivity index (χ1) is 5.84. The van der Waals surface area contributed by atoms with Gasteiger partial charge in [-0.05, 0) is 18.9 Å². The topological polar surface area (TPSA) is 29.3 Å². The molecule has 3 nitrogen and oxygen atoms in total. The summed E-state index contributed by atoms with van der Waals surface area (Å²) in [5, 5.41) is 0. The van der Waals surface area contributed by atoms with Crippen molar-refractivity contribution in [2.75, 3.05) is 13.1 Å². The van der Waals surface area contributed by atoms with Crippen molar-refractivity contribution in [3.63, 3.8) is 0 Å². The number of rotatable bonds is 2. The van der Waals surface area contributed by atoms with Gasteiger partial charge in [0.25, 0.3) is 0 Å². The van der Waals surface area contributed by atoms with Crippen molar-refractivity contribution in [2.24, 2.45) is 5.92 Å². The lowest BCUT2D eigenvalue weighted by Gasteiger charge is -2.12. The molecule has 1 atom stereocenters. The van der Waals surface area contributed by atoms with Crippen molar-refractivity contribution < 1.29 is 4.42 Å². The molecule has 2 rings (SSSR count). The summed E-state index contributed by atoms with van der Waals surface area (Å²) in [7, 11) is 0. The van der Waals surface area contributed by atoms with Crippen molar-refractivity contribution in [1.29, 1.82) is 0 Å². The number of hydrogen-bond acceptors (Lipinski definition) is 3. The highest BCUT2D eigenvalue weighted by Crippen LogP contribution is 2.16. The summed E-state index contributed by atoms with van der Waals surface area (Å²) in [5.74, 6) is 0.844. The molecule has 1 aliphatic rings. The third kappa shape index (κ3) is 1.67. The summed E-state index contributed by atoms with van der Waals surface area (Å²) < 4.78 is 4.91. The standard InChI is InChI=1S/C9H14N2O/c1-8-2-3-11(4-8)5-9-6-12-7-10-9/h6-8H,2-5H2,1H3. The Balaban J connectivity index is 1.88. The van der Waals surface area contributed by atoms with E-state index in [1.54, 1.807) is 6.26 Å². The molecule has 66 valence electrons. The summed E-state index contributed by atoms with van der Waals surface area (Å²) in [5.41, 5.74) is 1.05. The lowest BCUT2D eigenvalue weighted by Crippen LogP contribution is -2.19. The van der Waals surface area contributed by atoms with E-state index >= 15 is 0 Å². The zero-order chi connectivity index (χ0) is 8.39. The van der Waals surface area contributed by atoms with Crippen LogP contribution >= 0.6 is 0 Å². The van der Waals surface area contributed by atoms with Crippen molar-refractivity contribution in [1.82, 2.24) is 9.88 Å². The van der Waals surface area contributed by atoms with Gasteiger partial charge in [0.2, 0.25) is 0 Å². The van der Waals surface area contributed by atoms with Crippen LogP contribution < -0.4 is 0 Å². The number of hydrogen-bond donors (Lipinski definition) is 0. The van der Waals surface area contributed by atoms with Crippen LogP contribution in [0.2, 0.25) is 0 Å². The maximum atomic E-state index is 4.91. The fraction of sp³-hybridized carbons (Fsp3) is 0.667. The molecule has 1 unspecified atom stereocenters. The molecule has 2 heterocycles. The summed E-state index contributed by atoms with van der Waals surface area (Å²) in [6, 6.07) is 0. The second-order valence-electron chi connectivity index (χ2n) is 3.61. The van der Waals surface area contributed by atoms with Gasteiger partial charge >= 0.3 is 0 Å². The first-order valence-electron chi connectivity index (χ1n) is 4.44. The fourth-order valence-corrected chi connectivity index (χ4v) is 1.71. The minimum atomic E-state index is 0.844. The Labute approximate surface area is 72.4 Å². The molecule has 0 bridgehead atoms. The van der Waals surface area contributed by atoms with Gasteiger partial charge in [-0.15, -0.1) is 0 Å². The van der Waals surface area contributed by atoms with E-state index in [0.717, 1.165) is 18.2 Å². The van der Waals surface area contributed by atoms with Crippen molar-refractivity contribution in [2.45, 2.75) is 19.9 Å². The highest BCUT2D eigenvalue weighted by atomic mass is 16.3. The van der Waals surface area contributed by atoms with Crippen LogP contribution in [-0.2, 0) is 6.54 Å². The molecular formula is C9H14N2O. The third-order valence-electron chi connectivity index (χ3n) is 2.38. The molecule has 0 spiro atoms. The lowest BCUT2D eigenvalue weighted by atomic mass is 10.2. The first kappa shape index (κ1) is 7.80. The molecule has 0 aliphatic carbocycles. The molecule has 0 amide bonds. The molecule has 0 radical (unpaired) electrons. The van der Waals surface area contributed by atoms with E-state index in [4.69, 9.17) is 4.42 Å². The SMILES string of the molecule is CC1CCN(Cc2cocn2)C1. The molecular weight excluding hydrogens is 152 g/mol. The normalized spacial score (nSPS) is 24.9. The number of likely N-dealkylation sites (tertiary alicyclic amines) is 1. The Hall–Kier alpha value is -0.830. The van der Waals surface area contributed by atoms with Crippen LogP contribution in [0.25, 0.3) is 0 Å². The van der Waals surface area contributed by atoms with Gasteiger partial charge in [-0.2, -0.15) is 0 Å². The maximum absolute atomic E-state index is 4.91. The maximum Gasteiger partial charge on any atom is 0.180 e. The molecule has 3 heteroatoms. The molecule has 1 fully saturated rings. The van der Waals surface area contributed by atoms with Gasteiger partial charge in [0.15, 0.2) is 6.39 Å². The largest absolute Gasteiger partial charge is 0.451 e. The summed E-state index contributed by atoms with van der Waals surface area (Å²) in [6.07, 6.45) is 4.54. The molecule has 0 aromatic carbocycles. The van der Waals surface area contributed by atoms with Crippen LogP contribution in [0.4, 0.5) is 0 Å². The average molecular weight is 166 g/mol. The lowest BCUT2D eigenvalue weighted by molar-refractivity contribution is 0.316. The van der Waals surface area contributed by atoms with Crippen LogP contribution in [0, 0.1) is 5.92 Å². The van der Waals surface area contributed by atoms with Crippen molar-refractivity contribution >= 4 is 0 Å². The van der Waals surface area contributed by atoms with Crippen molar-refractivity contribution in [3.8, 4) is 0 Å². The van der Waals surface area contributed by atoms with Crippen LogP contribution in [0.3, 0.4) is 0 Å². The molecule has 0 saturated carbocycles. The molecule has 1 aromatic heterocycles. The Morgan fingerprint density at radius 2 is 2.67 bits per heavy atom. The molecule has 12 heavy (non-hydrogen) atoms. The molecule has 1 saturated heterocycles. The van der Waals surface area contributed by atoms with Gasteiger partial charge in [0.05, 0.1) is 5.69 Å². The zero-order valence-corrected chi connectivity index (χ0v) is 7.36. The van der Waals surface area contributed by atoms with Gasteiger partial charge in [-0.1, -0.05) is 6.92 Å². The monoisotopic (exact) mass is 166 g/mol. The fourth-order valence-electron chi connectivity index (χ4n) is 1.71. The number of nitrogens with zero attached hydrogens (tertiary/aromatic N) is 2. The molecule has 0 N–H and O–H groups in total. The smallest absolute Gasteiger partial charge is 0.180 e.